The largest absolute Gasteiger partial charge is 0.490 e. The van der Waals surface area contributed by atoms with E-state index >= 15 is 0 Å². The molecule has 1 heterocycles. The van der Waals surface area contributed by atoms with Crippen LogP contribution in [0, 0.1) is 6.92 Å². The highest BCUT2D eigenvalue weighted by atomic mass is 32.1. The molecule has 0 aliphatic carbocycles. The smallest absolute Gasteiger partial charge is 0.262 e. The molecule has 0 saturated heterocycles. The summed E-state index contributed by atoms with van der Waals surface area (Å²) in [6, 6.07) is 19.1. The van der Waals surface area contributed by atoms with E-state index in [1.54, 1.807) is 12.3 Å². The van der Waals surface area contributed by atoms with Crippen LogP contribution in [0.1, 0.15) is 18.2 Å². The Morgan fingerprint density at radius 2 is 1.94 bits per heavy atom. The number of aryl methyl sites for hydroxylation is 1. The summed E-state index contributed by atoms with van der Waals surface area (Å²) in [5, 5.41) is 11.9. The van der Waals surface area contributed by atoms with Crippen LogP contribution < -0.4 is 20.2 Å². The Kier molecular flexibility index (Phi) is 7.16. The number of aromatic nitrogens is 1. The molecule has 168 valence electrons. The van der Waals surface area contributed by atoms with Crippen molar-refractivity contribution in [1.29, 1.82) is 0 Å². The zero-order chi connectivity index (χ0) is 23.0. The first-order valence-electron chi connectivity index (χ1n) is 10.5. The van der Waals surface area contributed by atoms with Crippen LogP contribution in [-0.2, 0) is 4.79 Å². The lowest BCUT2D eigenvalue weighted by Crippen LogP contribution is -2.20. The van der Waals surface area contributed by atoms with Crippen molar-refractivity contribution in [2.75, 3.05) is 24.0 Å². The van der Waals surface area contributed by atoms with E-state index in [0.717, 1.165) is 32.8 Å². The number of ether oxygens (including phenoxy) is 2. The van der Waals surface area contributed by atoms with Gasteiger partial charge in [0.2, 0.25) is 5.13 Å². The summed E-state index contributed by atoms with van der Waals surface area (Å²) in [6.45, 7) is 4.16. The predicted octanol–water partition coefficient (Wildman–Crippen LogP) is 5.47. The number of nitrogens with zero attached hydrogens (tertiary/aromatic N) is 2. The summed E-state index contributed by atoms with van der Waals surface area (Å²) >= 11 is 1.49. The molecule has 0 radical (unpaired) electrons. The number of anilines is 2. The van der Waals surface area contributed by atoms with Crippen LogP contribution in [0.3, 0.4) is 0 Å². The number of benzene rings is 3. The minimum atomic E-state index is -0.248. The number of rotatable bonds is 9. The Labute approximate surface area is 196 Å². The third kappa shape index (κ3) is 5.87. The Hall–Kier alpha value is -3.91. The van der Waals surface area contributed by atoms with Gasteiger partial charge in [0.25, 0.3) is 5.91 Å². The van der Waals surface area contributed by atoms with Gasteiger partial charge in [-0.2, -0.15) is 5.10 Å². The molecule has 33 heavy (non-hydrogen) atoms. The molecule has 0 aliphatic rings. The van der Waals surface area contributed by atoms with Gasteiger partial charge in [0, 0.05) is 16.5 Å². The second-order valence-corrected chi connectivity index (χ2v) is 8.02. The maximum absolute atomic E-state index is 12.5. The minimum absolute atomic E-state index is 0.137. The zero-order valence-corrected chi connectivity index (χ0v) is 19.2. The van der Waals surface area contributed by atoms with E-state index in [4.69, 9.17) is 9.47 Å². The van der Waals surface area contributed by atoms with E-state index in [0.29, 0.717) is 18.1 Å². The van der Waals surface area contributed by atoms with Gasteiger partial charge in [-0.05, 0) is 49.1 Å². The summed E-state index contributed by atoms with van der Waals surface area (Å²) in [4.78, 5) is 16.8. The summed E-state index contributed by atoms with van der Waals surface area (Å²) in [5.74, 6) is 0.789. The lowest BCUT2D eigenvalue weighted by Gasteiger charge is -2.13. The quantitative estimate of drug-likeness (QED) is 0.256. The second-order valence-electron chi connectivity index (χ2n) is 7.17. The van der Waals surface area contributed by atoms with Crippen LogP contribution in [0.15, 0.2) is 71.1 Å². The Morgan fingerprint density at radius 3 is 2.76 bits per heavy atom. The molecule has 0 atom stereocenters. The van der Waals surface area contributed by atoms with E-state index in [2.05, 4.69) is 20.8 Å². The summed E-state index contributed by atoms with van der Waals surface area (Å²) < 4.78 is 11.5. The van der Waals surface area contributed by atoms with Crippen molar-refractivity contribution in [3.8, 4) is 11.5 Å². The fourth-order valence-electron chi connectivity index (χ4n) is 3.22. The van der Waals surface area contributed by atoms with Crippen LogP contribution in [0.4, 0.5) is 10.8 Å². The predicted molar refractivity (Wildman–Crippen MR) is 134 cm³/mol. The number of hydrogen-bond donors (Lipinski definition) is 2. The number of fused-ring (bicyclic) bond motifs is 1. The molecule has 0 bridgehead atoms. The van der Waals surface area contributed by atoms with Gasteiger partial charge in [0.15, 0.2) is 18.1 Å². The molecule has 2 N–H and O–H groups in total. The molecule has 4 rings (SSSR count). The fraction of sp³-hybridized carbons (Fsp3) is 0.160. The number of carbonyl (C=O) groups excluding carboxylic acids is 1. The van der Waals surface area contributed by atoms with Gasteiger partial charge in [-0.1, -0.05) is 36.4 Å². The molecular weight excluding hydrogens is 436 g/mol. The van der Waals surface area contributed by atoms with E-state index in [1.807, 2.05) is 73.8 Å². The molecular formula is C25H24N4O3S. The molecule has 8 heteroatoms. The molecule has 0 saturated carbocycles. The van der Waals surface area contributed by atoms with Gasteiger partial charge in [-0.15, -0.1) is 11.3 Å². The van der Waals surface area contributed by atoms with Gasteiger partial charge in [-0.25, -0.2) is 4.98 Å². The summed E-state index contributed by atoms with van der Waals surface area (Å²) in [7, 11) is 0. The first-order valence-corrected chi connectivity index (χ1v) is 11.4. The standard InChI is InChI=1S/C25H24N4O3S/c1-3-31-23-13-18(14-26-29-25-27-17(2)16-33-25)11-12-22(23)32-15-24(30)28-21-10-6-8-19-7-4-5-9-20(19)21/h4-14,16H,3,15H2,1-2H3,(H,27,29)(H,28,30). The maximum atomic E-state index is 12.5. The van der Waals surface area contributed by atoms with Gasteiger partial charge in [0.05, 0.1) is 18.5 Å². The van der Waals surface area contributed by atoms with E-state index in [9.17, 15) is 4.79 Å². The van der Waals surface area contributed by atoms with E-state index in [-0.39, 0.29) is 12.5 Å². The summed E-state index contributed by atoms with van der Waals surface area (Å²) in [6.07, 6.45) is 1.68. The first kappa shape index (κ1) is 22.3. The molecule has 3 aromatic carbocycles. The molecule has 0 aliphatic heterocycles. The molecule has 0 spiro atoms. The molecule has 0 unspecified atom stereocenters. The van der Waals surface area contributed by atoms with Crippen molar-refractivity contribution in [1.82, 2.24) is 4.98 Å². The average molecular weight is 461 g/mol. The Bertz CT molecular complexity index is 1280. The van der Waals surface area contributed by atoms with Gasteiger partial charge >= 0.3 is 0 Å². The average Bonchev–Trinajstić information content (AvgIpc) is 3.24. The normalized spacial score (nSPS) is 11.0. The van der Waals surface area contributed by atoms with Crippen LogP contribution in [-0.4, -0.2) is 30.3 Å². The number of thiazole rings is 1. The SMILES string of the molecule is CCOc1cc(C=NNc2nc(C)cs2)ccc1OCC(=O)Nc1cccc2ccccc12. The monoisotopic (exact) mass is 460 g/mol. The Balaban J connectivity index is 1.39. The highest BCUT2D eigenvalue weighted by Crippen LogP contribution is 2.28. The van der Waals surface area contributed by atoms with Crippen LogP contribution in [0.5, 0.6) is 11.5 Å². The summed E-state index contributed by atoms with van der Waals surface area (Å²) in [5.41, 5.74) is 5.43. The maximum Gasteiger partial charge on any atom is 0.262 e. The van der Waals surface area contributed by atoms with E-state index < -0.39 is 0 Å². The number of amides is 1. The van der Waals surface area contributed by atoms with Crippen molar-refractivity contribution in [2.24, 2.45) is 5.10 Å². The molecule has 1 amide bonds. The first-order chi connectivity index (χ1) is 16.1. The molecule has 0 fully saturated rings. The van der Waals surface area contributed by atoms with Crippen molar-refractivity contribution in [3.63, 3.8) is 0 Å². The minimum Gasteiger partial charge on any atom is -0.490 e. The zero-order valence-electron chi connectivity index (χ0n) is 18.4. The molecule has 4 aromatic rings. The van der Waals surface area contributed by atoms with Gasteiger partial charge < -0.3 is 14.8 Å². The third-order valence-corrected chi connectivity index (χ3v) is 5.55. The number of hydrazone groups is 1. The van der Waals surface area contributed by atoms with Gasteiger partial charge in [0.1, 0.15) is 0 Å². The highest BCUT2D eigenvalue weighted by Gasteiger charge is 2.10. The van der Waals surface area contributed by atoms with Crippen molar-refractivity contribution in [2.45, 2.75) is 13.8 Å². The number of carbonyl (C=O) groups is 1. The van der Waals surface area contributed by atoms with Gasteiger partial charge in [-0.3, -0.25) is 10.2 Å². The lowest BCUT2D eigenvalue weighted by atomic mass is 10.1. The third-order valence-electron chi connectivity index (χ3n) is 4.68. The fourth-order valence-corrected chi connectivity index (χ4v) is 3.86. The van der Waals surface area contributed by atoms with Crippen molar-refractivity contribution in [3.05, 3.63) is 77.3 Å². The highest BCUT2D eigenvalue weighted by molar-refractivity contribution is 7.13. The van der Waals surface area contributed by atoms with Crippen molar-refractivity contribution < 1.29 is 14.3 Å². The molecule has 1 aromatic heterocycles. The van der Waals surface area contributed by atoms with Crippen LogP contribution in [0.25, 0.3) is 10.8 Å². The molecule has 7 nitrogen and oxygen atoms in total. The van der Waals surface area contributed by atoms with Crippen molar-refractivity contribution >= 4 is 45.0 Å². The van der Waals surface area contributed by atoms with Crippen LogP contribution in [0.2, 0.25) is 0 Å². The van der Waals surface area contributed by atoms with E-state index in [1.165, 1.54) is 11.3 Å². The van der Waals surface area contributed by atoms with Crippen LogP contribution >= 0.6 is 11.3 Å². The lowest BCUT2D eigenvalue weighted by molar-refractivity contribution is -0.118. The number of nitrogens with one attached hydrogen (secondary N) is 2. The number of hydrogen-bond acceptors (Lipinski definition) is 7. The Morgan fingerprint density at radius 1 is 1.09 bits per heavy atom. The second kappa shape index (κ2) is 10.6. The topological polar surface area (TPSA) is 84.8 Å².